The first-order valence-corrected chi connectivity index (χ1v) is 6.32. The van der Waals surface area contributed by atoms with E-state index in [0.717, 1.165) is 11.1 Å². The molecule has 4 nitrogen and oxygen atoms in total. The van der Waals surface area contributed by atoms with Crippen LogP contribution in [0.3, 0.4) is 0 Å². The molecule has 4 heteroatoms. The lowest BCUT2D eigenvalue weighted by Crippen LogP contribution is -2.46. The quantitative estimate of drug-likeness (QED) is 0.738. The monoisotopic (exact) mass is 248 g/mol. The largest absolute Gasteiger partial charge is 0.390 e. The van der Waals surface area contributed by atoms with Crippen LogP contribution in [0.4, 0.5) is 0 Å². The van der Waals surface area contributed by atoms with Crippen molar-refractivity contribution in [2.45, 2.75) is 38.5 Å². The highest BCUT2D eigenvalue weighted by Crippen LogP contribution is 2.31. The Labute approximate surface area is 107 Å². The van der Waals surface area contributed by atoms with Gasteiger partial charge < -0.3 is 16.2 Å². The molecule has 2 rings (SSSR count). The molecule has 1 aliphatic carbocycles. The van der Waals surface area contributed by atoms with Crippen molar-refractivity contribution in [2.75, 3.05) is 0 Å². The van der Waals surface area contributed by atoms with Crippen LogP contribution in [0.15, 0.2) is 24.3 Å². The number of benzene rings is 1. The molecule has 0 fully saturated rings. The van der Waals surface area contributed by atoms with Gasteiger partial charge in [-0.2, -0.15) is 0 Å². The molecule has 0 radical (unpaired) electrons. The van der Waals surface area contributed by atoms with Gasteiger partial charge >= 0.3 is 0 Å². The maximum atomic E-state index is 11.9. The van der Waals surface area contributed by atoms with E-state index in [1.54, 1.807) is 0 Å². The van der Waals surface area contributed by atoms with Crippen LogP contribution < -0.4 is 11.1 Å². The number of aliphatic hydroxyl groups is 1. The second-order valence-electron chi connectivity index (χ2n) is 5.23. The standard InChI is InChI=1S/C14H20N2O2/c1-8(2)12(15)14(18)16-13-10-6-4-3-5-9(10)7-11(13)17/h3-6,8,11-13,17H,7,15H2,1-2H3,(H,16,18)/t11-,12+,13+/m0/s1. The van der Waals surface area contributed by atoms with Crippen molar-refractivity contribution in [1.82, 2.24) is 5.32 Å². The van der Waals surface area contributed by atoms with Gasteiger partial charge in [0, 0.05) is 6.42 Å². The van der Waals surface area contributed by atoms with E-state index < -0.39 is 12.1 Å². The average molecular weight is 248 g/mol. The van der Waals surface area contributed by atoms with E-state index in [1.165, 1.54) is 0 Å². The van der Waals surface area contributed by atoms with Crippen LogP contribution in [0.25, 0.3) is 0 Å². The van der Waals surface area contributed by atoms with E-state index >= 15 is 0 Å². The fraction of sp³-hybridized carbons (Fsp3) is 0.500. The Balaban J connectivity index is 2.13. The zero-order chi connectivity index (χ0) is 13.3. The summed E-state index contributed by atoms with van der Waals surface area (Å²) in [6, 6.07) is 6.90. The second-order valence-corrected chi connectivity index (χ2v) is 5.23. The van der Waals surface area contributed by atoms with E-state index in [9.17, 15) is 9.90 Å². The van der Waals surface area contributed by atoms with E-state index in [2.05, 4.69) is 5.32 Å². The Kier molecular flexibility index (Phi) is 3.68. The summed E-state index contributed by atoms with van der Waals surface area (Å²) >= 11 is 0. The zero-order valence-electron chi connectivity index (χ0n) is 10.8. The number of rotatable bonds is 3. The molecular formula is C14H20N2O2. The number of aliphatic hydroxyl groups excluding tert-OH is 1. The molecule has 4 N–H and O–H groups in total. The van der Waals surface area contributed by atoms with E-state index in [0.29, 0.717) is 6.42 Å². The van der Waals surface area contributed by atoms with Crippen LogP contribution in [0.2, 0.25) is 0 Å². The summed E-state index contributed by atoms with van der Waals surface area (Å²) in [7, 11) is 0. The van der Waals surface area contributed by atoms with Gasteiger partial charge in [-0.15, -0.1) is 0 Å². The maximum absolute atomic E-state index is 11.9. The molecule has 0 aliphatic heterocycles. The van der Waals surface area contributed by atoms with Crippen molar-refractivity contribution in [3.8, 4) is 0 Å². The van der Waals surface area contributed by atoms with Crippen LogP contribution in [0.1, 0.15) is 31.0 Å². The lowest BCUT2D eigenvalue weighted by molar-refractivity contribution is -0.124. The third-order valence-corrected chi connectivity index (χ3v) is 3.52. The highest BCUT2D eigenvalue weighted by atomic mass is 16.3. The van der Waals surface area contributed by atoms with Gasteiger partial charge in [0.1, 0.15) is 0 Å². The maximum Gasteiger partial charge on any atom is 0.237 e. The topological polar surface area (TPSA) is 75.4 Å². The molecule has 3 atom stereocenters. The van der Waals surface area contributed by atoms with Crippen molar-refractivity contribution in [3.05, 3.63) is 35.4 Å². The Hall–Kier alpha value is -1.39. The van der Waals surface area contributed by atoms with Gasteiger partial charge in [0.05, 0.1) is 18.2 Å². The number of hydrogen-bond donors (Lipinski definition) is 3. The van der Waals surface area contributed by atoms with E-state index in [-0.39, 0.29) is 17.9 Å². The summed E-state index contributed by atoms with van der Waals surface area (Å²) in [5.74, 6) is -0.121. The number of nitrogens with one attached hydrogen (secondary N) is 1. The fourth-order valence-electron chi connectivity index (χ4n) is 2.30. The molecule has 0 spiro atoms. The van der Waals surface area contributed by atoms with Crippen LogP contribution in [0.5, 0.6) is 0 Å². The van der Waals surface area contributed by atoms with Gasteiger partial charge in [-0.3, -0.25) is 4.79 Å². The van der Waals surface area contributed by atoms with Gasteiger partial charge in [0.2, 0.25) is 5.91 Å². The summed E-state index contributed by atoms with van der Waals surface area (Å²) < 4.78 is 0. The number of carbonyl (C=O) groups is 1. The van der Waals surface area contributed by atoms with Gasteiger partial charge in [-0.25, -0.2) is 0 Å². The van der Waals surface area contributed by atoms with E-state index in [4.69, 9.17) is 5.73 Å². The Morgan fingerprint density at radius 2 is 2.11 bits per heavy atom. The Bertz CT molecular complexity index is 445. The first kappa shape index (κ1) is 13.1. The molecule has 1 aliphatic rings. The molecule has 1 amide bonds. The number of nitrogens with two attached hydrogens (primary N) is 1. The molecule has 0 bridgehead atoms. The Morgan fingerprint density at radius 3 is 2.78 bits per heavy atom. The van der Waals surface area contributed by atoms with Crippen molar-refractivity contribution in [1.29, 1.82) is 0 Å². The van der Waals surface area contributed by atoms with Crippen LogP contribution >= 0.6 is 0 Å². The minimum Gasteiger partial charge on any atom is -0.390 e. The molecule has 98 valence electrons. The summed E-state index contributed by atoms with van der Waals surface area (Å²) in [4.78, 5) is 11.9. The molecule has 0 saturated carbocycles. The molecular weight excluding hydrogens is 228 g/mol. The molecule has 0 heterocycles. The van der Waals surface area contributed by atoms with Crippen LogP contribution in [-0.2, 0) is 11.2 Å². The SMILES string of the molecule is CC(C)[C@@H](N)C(=O)N[C@@H]1c2ccccc2C[C@@H]1O. The molecule has 18 heavy (non-hydrogen) atoms. The molecule has 1 aromatic rings. The summed E-state index contributed by atoms with van der Waals surface area (Å²) in [5.41, 5.74) is 7.90. The third kappa shape index (κ3) is 2.40. The highest BCUT2D eigenvalue weighted by Gasteiger charge is 2.33. The molecule has 1 aromatic carbocycles. The van der Waals surface area contributed by atoms with Crippen LogP contribution in [0, 0.1) is 5.92 Å². The highest BCUT2D eigenvalue weighted by molar-refractivity contribution is 5.82. The lowest BCUT2D eigenvalue weighted by Gasteiger charge is -2.22. The minimum absolute atomic E-state index is 0.0822. The number of carbonyl (C=O) groups excluding carboxylic acids is 1. The molecule has 0 aromatic heterocycles. The predicted octanol–water partition coefficient (Wildman–Crippen LogP) is 0.744. The second kappa shape index (κ2) is 5.08. The van der Waals surface area contributed by atoms with Gasteiger partial charge in [-0.05, 0) is 17.0 Å². The van der Waals surface area contributed by atoms with Gasteiger partial charge in [0.15, 0.2) is 0 Å². The first-order valence-electron chi connectivity index (χ1n) is 6.32. The average Bonchev–Trinajstić information content (AvgIpc) is 2.65. The Morgan fingerprint density at radius 1 is 1.44 bits per heavy atom. The summed E-state index contributed by atoms with van der Waals surface area (Å²) in [5, 5.41) is 12.9. The smallest absolute Gasteiger partial charge is 0.237 e. The van der Waals surface area contributed by atoms with Crippen LogP contribution in [-0.4, -0.2) is 23.2 Å². The first-order chi connectivity index (χ1) is 8.50. The number of hydrogen-bond acceptors (Lipinski definition) is 3. The number of fused-ring (bicyclic) bond motifs is 1. The van der Waals surface area contributed by atoms with Crippen molar-refractivity contribution in [2.24, 2.45) is 11.7 Å². The van der Waals surface area contributed by atoms with E-state index in [1.807, 2.05) is 38.1 Å². The molecule has 0 saturated heterocycles. The molecule has 0 unspecified atom stereocenters. The third-order valence-electron chi connectivity index (χ3n) is 3.52. The minimum atomic E-state index is -0.564. The summed E-state index contributed by atoms with van der Waals surface area (Å²) in [6.45, 7) is 3.81. The van der Waals surface area contributed by atoms with Crippen molar-refractivity contribution >= 4 is 5.91 Å². The predicted molar refractivity (Wildman–Crippen MR) is 69.8 cm³/mol. The van der Waals surface area contributed by atoms with Gasteiger partial charge in [0.25, 0.3) is 0 Å². The van der Waals surface area contributed by atoms with Crippen molar-refractivity contribution in [3.63, 3.8) is 0 Å². The number of amides is 1. The zero-order valence-corrected chi connectivity index (χ0v) is 10.8. The van der Waals surface area contributed by atoms with Gasteiger partial charge in [-0.1, -0.05) is 38.1 Å². The lowest BCUT2D eigenvalue weighted by atomic mass is 10.0. The summed E-state index contributed by atoms with van der Waals surface area (Å²) in [6.07, 6.45) is 0.0172. The normalized spacial score (nSPS) is 23.8. The van der Waals surface area contributed by atoms with Crippen molar-refractivity contribution < 1.29 is 9.90 Å². The fourth-order valence-corrected chi connectivity index (χ4v) is 2.30.